The minimum Gasteiger partial charge on any atom is -0.376 e. The molecule has 0 aromatic heterocycles. The average molecular weight is 217 g/mol. The van der Waals surface area contributed by atoms with Gasteiger partial charge < -0.3 is 4.74 Å². The van der Waals surface area contributed by atoms with E-state index < -0.39 is 0 Å². The summed E-state index contributed by atoms with van der Waals surface area (Å²) < 4.78 is 6.16. The summed E-state index contributed by atoms with van der Waals surface area (Å²) in [5.41, 5.74) is 0. The summed E-state index contributed by atoms with van der Waals surface area (Å²) in [5.74, 6) is 0.636. The van der Waals surface area contributed by atoms with Crippen molar-refractivity contribution in [2.24, 2.45) is 0 Å². The molecule has 1 amide bonds. The zero-order valence-electron chi connectivity index (χ0n) is 7.19. The monoisotopic (exact) mass is 217 g/mol. The molecular formula is C8H11NO2S2. The molecule has 2 aliphatic rings. The Labute approximate surface area is 86.8 Å². The summed E-state index contributed by atoms with van der Waals surface area (Å²) in [6.45, 7) is 1.48. The molecule has 3 nitrogen and oxygen atoms in total. The van der Waals surface area contributed by atoms with Gasteiger partial charge in [0.15, 0.2) is 0 Å². The van der Waals surface area contributed by atoms with Crippen LogP contribution in [0, 0.1) is 0 Å². The molecule has 72 valence electrons. The number of thioether (sulfide) groups is 1. The van der Waals surface area contributed by atoms with Crippen LogP contribution in [0.4, 0.5) is 0 Å². The molecule has 0 unspecified atom stereocenters. The van der Waals surface area contributed by atoms with Crippen LogP contribution >= 0.6 is 24.0 Å². The van der Waals surface area contributed by atoms with Gasteiger partial charge in [-0.05, 0) is 12.8 Å². The normalized spacial score (nSPS) is 28.9. The van der Waals surface area contributed by atoms with E-state index in [2.05, 4.69) is 0 Å². The summed E-state index contributed by atoms with van der Waals surface area (Å²) in [6, 6.07) is 0. The maximum Gasteiger partial charge on any atom is 0.238 e. The van der Waals surface area contributed by atoms with Gasteiger partial charge in [-0.25, -0.2) is 0 Å². The number of rotatable bonds is 2. The van der Waals surface area contributed by atoms with Gasteiger partial charge in [0.25, 0.3) is 0 Å². The Hall–Kier alpha value is -0.130. The van der Waals surface area contributed by atoms with Crippen LogP contribution in [0.25, 0.3) is 0 Å². The Morgan fingerprint density at radius 3 is 3.08 bits per heavy atom. The number of nitrogens with zero attached hydrogens (tertiary/aromatic N) is 1. The molecule has 0 spiro atoms. The second-order valence-electron chi connectivity index (χ2n) is 3.19. The average Bonchev–Trinajstić information content (AvgIpc) is 2.70. The predicted molar refractivity (Wildman–Crippen MR) is 55.7 cm³/mol. The number of carbonyl (C=O) groups excluding carboxylic acids is 1. The zero-order valence-corrected chi connectivity index (χ0v) is 8.83. The first-order chi connectivity index (χ1) is 6.27. The Bertz CT molecular complexity index is 222. The Balaban J connectivity index is 1.92. The van der Waals surface area contributed by atoms with Crippen LogP contribution in [0.15, 0.2) is 0 Å². The van der Waals surface area contributed by atoms with Gasteiger partial charge >= 0.3 is 0 Å². The Morgan fingerprint density at radius 2 is 2.54 bits per heavy atom. The van der Waals surface area contributed by atoms with Crippen molar-refractivity contribution < 1.29 is 9.53 Å². The quantitative estimate of drug-likeness (QED) is 0.646. The van der Waals surface area contributed by atoms with Crippen LogP contribution in [-0.2, 0) is 9.53 Å². The molecule has 2 heterocycles. The molecule has 0 saturated carbocycles. The van der Waals surface area contributed by atoms with E-state index in [0.29, 0.717) is 16.6 Å². The third-order valence-corrected chi connectivity index (χ3v) is 3.68. The van der Waals surface area contributed by atoms with Crippen LogP contribution in [0.5, 0.6) is 0 Å². The van der Waals surface area contributed by atoms with Gasteiger partial charge in [0, 0.05) is 6.61 Å². The Morgan fingerprint density at radius 1 is 1.69 bits per heavy atom. The van der Waals surface area contributed by atoms with E-state index in [4.69, 9.17) is 17.0 Å². The van der Waals surface area contributed by atoms with E-state index in [1.807, 2.05) is 0 Å². The van der Waals surface area contributed by atoms with Crippen molar-refractivity contribution in [3.63, 3.8) is 0 Å². The van der Waals surface area contributed by atoms with Gasteiger partial charge in [-0.15, -0.1) is 0 Å². The number of ether oxygens (including phenoxy) is 1. The summed E-state index contributed by atoms with van der Waals surface area (Å²) in [5, 5.41) is 0. The SMILES string of the molecule is O=C1CSC(=S)N1C[C@H]1CCCO1. The molecule has 2 rings (SSSR count). The van der Waals surface area contributed by atoms with Crippen molar-refractivity contribution in [2.75, 3.05) is 18.9 Å². The number of thiocarbonyl (C=S) groups is 1. The molecular weight excluding hydrogens is 206 g/mol. The van der Waals surface area contributed by atoms with Crippen molar-refractivity contribution >= 4 is 34.2 Å². The lowest BCUT2D eigenvalue weighted by Gasteiger charge is -2.18. The summed E-state index contributed by atoms with van der Waals surface area (Å²) in [7, 11) is 0. The van der Waals surface area contributed by atoms with Crippen LogP contribution in [-0.4, -0.2) is 40.1 Å². The fourth-order valence-corrected chi connectivity index (χ4v) is 2.64. The lowest BCUT2D eigenvalue weighted by Crippen LogP contribution is -2.35. The van der Waals surface area contributed by atoms with Crippen molar-refractivity contribution in [3.8, 4) is 0 Å². The third-order valence-electron chi connectivity index (χ3n) is 2.25. The van der Waals surface area contributed by atoms with Gasteiger partial charge in [0.2, 0.25) is 5.91 Å². The second-order valence-corrected chi connectivity index (χ2v) is 4.80. The topological polar surface area (TPSA) is 29.5 Å². The number of hydrogen-bond acceptors (Lipinski definition) is 4. The molecule has 0 bridgehead atoms. The fraction of sp³-hybridized carbons (Fsp3) is 0.750. The van der Waals surface area contributed by atoms with E-state index >= 15 is 0 Å². The molecule has 5 heteroatoms. The van der Waals surface area contributed by atoms with Crippen molar-refractivity contribution in [1.82, 2.24) is 4.90 Å². The van der Waals surface area contributed by atoms with Crippen LogP contribution in [0.2, 0.25) is 0 Å². The molecule has 0 aromatic rings. The minimum atomic E-state index is 0.130. The Kier molecular flexibility index (Phi) is 2.86. The molecule has 0 aliphatic carbocycles. The third kappa shape index (κ3) is 2.03. The van der Waals surface area contributed by atoms with Gasteiger partial charge in [-0.3, -0.25) is 9.69 Å². The van der Waals surface area contributed by atoms with Crippen molar-refractivity contribution in [2.45, 2.75) is 18.9 Å². The van der Waals surface area contributed by atoms with E-state index in [9.17, 15) is 4.79 Å². The molecule has 2 saturated heterocycles. The van der Waals surface area contributed by atoms with E-state index in [-0.39, 0.29) is 12.0 Å². The first-order valence-corrected chi connectivity index (χ1v) is 5.75. The summed E-state index contributed by atoms with van der Waals surface area (Å²) >= 11 is 6.51. The van der Waals surface area contributed by atoms with Crippen LogP contribution in [0.3, 0.4) is 0 Å². The minimum absolute atomic E-state index is 0.130. The lowest BCUT2D eigenvalue weighted by molar-refractivity contribution is -0.125. The highest BCUT2D eigenvalue weighted by Gasteiger charge is 2.30. The first kappa shape index (κ1) is 9.43. The van der Waals surface area contributed by atoms with Gasteiger partial charge in [-0.2, -0.15) is 0 Å². The zero-order chi connectivity index (χ0) is 9.26. The molecule has 13 heavy (non-hydrogen) atoms. The lowest BCUT2D eigenvalue weighted by atomic mass is 10.2. The van der Waals surface area contributed by atoms with Crippen LogP contribution < -0.4 is 0 Å². The van der Waals surface area contributed by atoms with Crippen molar-refractivity contribution in [1.29, 1.82) is 0 Å². The highest BCUT2D eigenvalue weighted by atomic mass is 32.2. The molecule has 2 aliphatic heterocycles. The highest BCUT2D eigenvalue weighted by molar-refractivity contribution is 8.23. The van der Waals surface area contributed by atoms with E-state index in [0.717, 1.165) is 19.4 Å². The summed E-state index contributed by atoms with van der Waals surface area (Å²) in [6.07, 6.45) is 2.37. The smallest absolute Gasteiger partial charge is 0.238 e. The van der Waals surface area contributed by atoms with Crippen LogP contribution in [0.1, 0.15) is 12.8 Å². The van der Waals surface area contributed by atoms with Gasteiger partial charge in [-0.1, -0.05) is 24.0 Å². The largest absolute Gasteiger partial charge is 0.376 e. The van der Waals surface area contributed by atoms with Crippen molar-refractivity contribution in [3.05, 3.63) is 0 Å². The molecule has 0 aromatic carbocycles. The van der Waals surface area contributed by atoms with Gasteiger partial charge in [0.1, 0.15) is 4.32 Å². The molecule has 2 fully saturated rings. The maximum atomic E-state index is 11.3. The summed E-state index contributed by atoms with van der Waals surface area (Å²) in [4.78, 5) is 13.0. The molecule has 1 atom stereocenters. The van der Waals surface area contributed by atoms with E-state index in [1.54, 1.807) is 4.90 Å². The predicted octanol–water partition coefficient (Wildman–Crippen LogP) is 1.03. The maximum absolute atomic E-state index is 11.3. The molecule has 0 radical (unpaired) electrons. The first-order valence-electron chi connectivity index (χ1n) is 4.36. The number of amides is 1. The number of hydrogen-bond donors (Lipinski definition) is 0. The second kappa shape index (κ2) is 3.94. The van der Waals surface area contributed by atoms with E-state index in [1.165, 1.54) is 11.8 Å². The number of carbonyl (C=O) groups is 1. The van der Waals surface area contributed by atoms with Gasteiger partial charge in [0.05, 0.1) is 18.4 Å². The molecule has 0 N–H and O–H groups in total. The highest BCUT2D eigenvalue weighted by Crippen LogP contribution is 2.22. The standard InChI is InChI=1S/C8H11NO2S2/c10-7-5-13-8(12)9(7)4-6-2-1-3-11-6/h6H,1-5H2/t6-/m1/s1. The fourth-order valence-electron chi connectivity index (χ4n) is 1.55.